The van der Waals surface area contributed by atoms with Crippen LogP contribution in [0.5, 0.6) is 5.75 Å². The first-order chi connectivity index (χ1) is 9.22. The Labute approximate surface area is 122 Å². The Kier molecular flexibility index (Phi) is 5.34. The molecule has 0 aromatic heterocycles. The van der Waals surface area contributed by atoms with Crippen molar-refractivity contribution in [2.75, 3.05) is 6.61 Å². The minimum Gasteiger partial charge on any atom is -0.493 e. The van der Waals surface area contributed by atoms with Gasteiger partial charge in [-0.2, -0.15) is 3.89 Å². The Hall–Kier alpha value is -0.930. The van der Waals surface area contributed by atoms with Crippen LogP contribution >= 0.6 is 23.7 Å². The van der Waals surface area contributed by atoms with Gasteiger partial charge in [-0.15, -0.1) is 0 Å². The van der Waals surface area contributed by atoms with Crippen molar-refractivity contribution in [1.82, 2.24) is 0 Å². The average Bonchev–Trinajstić information content (AvgIpc) is 2.46. The van der Waals surface area contributed by atoms with Gasteiger partial charge in [0.05, 0.1) is 18.8 Å². The molecule has 0 saturated heterocycles. The SMILES string of the molecule is CCc1cc(SF)ccc1OCC1C=CC(Cl)=CC1. The van der Waals surface area contributed by atoms with Crippen LogP contribution in [0.3, 0.4) is 0 Å². The summed E-state index contributed by atoms with van der Waals surface area (Å²) in [5, 5.41) is 0.787. The van der Waals surface area contributed by atoms with Crippen LogP contribution in [0.4, 0.5) is 3.89 Å². The summed E-state index contributed by atoms with van der Waals surface area (Å²) in [7, 11) is 0. The second-order valence-electron chi connectivity index (χ2n) is 4.46. The van der Waals surface area contributed by atoms with Crippen molar-refractivity contribution in [3.63, 3.8) is 0 Å². The van der Waals surface area contributed by atoms with Crippen LogP contribution in [0, 0.1) is 5.92 Å². The third-order valence-electron chi connectivity index (χ3n) is 3.10. The molecule has 1 aliphatic rings. The molecule has 0 N–H and O–H groups in total. The van der Waals surface area contributed by atoms with Gasteiger partial charge in [0.1, 0.15) is 5.75 Å². The summed E-state index contributed by atoms with van der Waals surface area (Å²) in [6, 6.07) is 5.43. The quantitative estimate of drug-likeness (QED) is 0.729. The highest BCUT2D eigenvalue weighted by atomic mass is 35.5. The molecule has 0 radical (unpaired) electrons. The van der Waals surface area contributed by atoms with Gasteiger partial charge in [-0.1, -0.05) is 30.7 Å². The summed E-state index contributed by atoms with van der Waals surface area (Å²) in [4.78, 5) is 0.622. The standard InChI is InChI=1S/C15H16ClFOS/c1-2-12-9-14(19-17)7-8-15(12)18-10-11-3-5-13(16)6-4-11/h3,5-9,11H,2,4,10H2,1H3. The number of hydrogen-bond acceptors (Lipinski definition) is 2. The molecular formula is C15H16ClFOS. The van der Waals surface area contributed by atoms with E-state index >= 15 is 0 Å². The van der Waals surface area contributed by atoms with Crippen LogP contribution in [-0.4, -0.2) is 6.61 Å². The zero-order valence-electron chi connectivity index (χ0n) is 10.7. The van der Waals surface area contributed by atoms with Gasteiger partial charge in [0, 0.05) is 15.8 Å². The topological polar surface area (TPSA) is 9.23 Å². The van der Waals surface area contributed by atoms with E-state index in [9.17, 15) is 3.89 Å². The summed E-state index contributed by atoms with van der Waals surface area (Å²) in [5.74, 6) is 1.19. The number of allylic oxidation sites excluding steroid dienone is 3. The van der Waals surface area contributed by atoms with Crippen LogP contribution in [0.2, 0.25) is 0 Å². The first-order valence-electron chi connectivity index (χ1n) is 6.31. The minimum atomic E-state index is 0.264. The summed E-state index contributed by atoms with van der Waals surface area (Å²) >= 11 is 6.14. The molecule has 2 rings (SSSR count). The Balaban J connectivity index is 1.98. The predicted octanol–water partition coefficient (Wildman–Crippen LogP) is 5.30. The van der Waals surface area contributed by atoms with E-state index in [0.717, 1.165) is 29.2 Å². The van der Waals surface area contributed by atoms with Crippen molar-refractivity contribution >= 4 is 23.7 Å². The lowest BCUT2D eigenvalue weighted by molar-refractivity contribution is 0.273. The van der Waals surface area contributed by atoms with Crippen LogP contribution < -0.4 is 4.74 Å². The number of rotatable bonds is 5. The first kappa shape index (κ1) is 14.5. The summed E-state index contributed by atoms with van der Waals surface area (Å²) in [5.41, 5.74) is 1.04. The lowest BCUT2D eigenvalue weighted by atomic mass is 10.0. The van der Waals surface area contributed by atoms with Crippen molar-refractivity contribution in [1.29, 1.82) is 0 Å². The molecule has 1 aliphatic carbocycles. The molecule has 1 unspecified atom stereocenters. The van der Waals surface area contributed by atoms with Gasteiger partial charge in [-0.25, -0.2) is 0 Å². The lowest BCUT2D eigenvalue weighted by Crippen LogP contribution is -2.11. The second kappa shape index (κ2) is 7.01. The maximum atomic E-state index is 12.5. The van der Waals surface area contributed by atoms with Gasteiger partial charge < -0.3 is 4.74 Å². The first-order valence-corrected chi connectivity index (χ1v) is 7.40. The predicted molar refractivity (Wildman–Crippen MR) is 79.5 cm³/mol. The number of aryl methyl sites for hydroxylation is 1. The molecule has 19 heavy (non-hydrogen) atoms. The monoisotopic (exact) mass is 298 g/mol. The molecule has 1 aromatic carbocycles. The molecule has 0 heterocycles. The maximum Gasteiger partial charge on any atom is 0.122 e. The van der Waals surface area contributed by atoms with Gasteiger partial charge in [0.25, 0.3) is 0 Å². The Morgan fingerprint density at radius 1 is 1.47 bits per heavy atom. The van der Waals surface area contributed by atoms with Gasteiger partial charge in [0.15, 0.2) is 0 Å². The highest BCUT2D eigenvalue weighted by Gasteiger charge is 2.10. The largest absolute Gasteiger partial charge is 0.493 e. The molecule has 1 aromatic rings. The van der Waals surface area contributed by atoms with E-state index in [0.29, 0.717) is 17.4 Å². The van der Waals surface area contributed by atoms with Crippen molar-refractivity contribution in [3.05, 3.63) is 47.0 Å². The Bertz CT molecular complexity index is 499. The third kappa shape index (κ3) is 4.02. The van der Waals surface area contributed by atoms with E-state index in [2.05, 4.69) is 6.08 Å². The minimum absolute atomic E-state index is 0.264. The molecule has 1 atom stereocenters. The fourth-order valence-corrected chi connectivity index (χ4v) is 2.45. The van der Waals surface area contributed by atoms with Crippen molar-refractivity contribution in [2.45, 2.75) is 24.7 Å². The van der Waals surface area contributed by atoms with Crippen LogP contribution in [0.15, 0.2) is 46.4 Å². The van der Waals surface area contributed by atoms with Crippen molar-refractivity contribution < 1.29 is 8.62 Å². The normalized spacial score (nSPS) is 18.3. The molecule has 0 spiro atoms. The number of hydrogen-bond donors (Lipinski definition) is 0. The molecule has 4 heteroatoms. The zero-order valence-corrected chi connectivity index (χ0v) is 12.3. The number of halogens is 2. The molecule has 0 bridgehead atoms. The fraction of sp³-hybridized carbons (Fsp3) is 0.333. The second-order valence-corrected chi connectivity index (χ2v) is 5.52. The van der Waals surface area contributed by atoms with E-state index in [-0.39, 0.29) is 12.1 Å². The van der Waals surface area contributed by atoms with E-state index in [4.69, 9.17) is 16.3 Å². The van der Waals surface area contributed by atoms with E-state index in [1.807, 2.05) is 31.2 Å². The molecule has 0 saturated carbocycles. The fourth-order valence-electron chi connectivity index (χ4n) is 1.98. The highest BCUT2D eigenvalue weighted by Crippen LogP contribution is 2.28. The third-order valence-corrected chi connectivity index (χ3v) is 3.81. The van der Waals surface area contributed by atoms with E-state index in [1.165, 1.54) is 0 Å². The van der Waals surface area contributed by atoms with Crippen LogP contribution in [-0.2, 0) is 6.42 Å². The summed E-state index contributed by atoms with van der Waals surface area (Å²) in [6.45, 7) is 2.66. The summed E-state index contributed by atoms with van der Waals surface area (Å²) in [6.07, 6.45) is 7.70. The molecule has 1 nitrogen and oxygen atoms in total. The van der Waals surface area contributed by atoms with Crippen LogP contribution in [0.1, 0.15) is 18.9 Å². The Morgan fingerprint density at radius 3 is 2.95 bits per heavy atom. The molecule has 102 valence electrons. The number of benzene rings is 1. The van der Waals surface area contributed by atoms with Gasteiger partial charge in [0.2, 0.25) is 0 Å². The average molecular weight is 299 g/mol. The lowest BCUT2D eigenvalue weighted by Gasteiger charge is -2.17. The molecule has 0 amide bonds. The van der Waals surface area contributed by atoms with Crippen LogP contribution in [0.25, 0.3) is 0 Å². The van der Waals surface area contributed by atoms with Crippen molar-refractivity contribution in [3.8, 4) is 5.75 Å². The highest BCUT2D eigenvalue weighted by molar-refractivity contribution is 7.94. The van der Waals surface area contributed by atoms with Gasteiger partial charge in [-0.05, 0) is 42.7 Å². The Morgan fingerprint density at radius 2 is 2.32 bits per heavy atom. The molecule has 0 fully saturated rings. The summed E-state index contributed by atoms with van der Waals surface area (Å²) < 4.78 is 18.4. The van der Waals surface area contributed by atoms with E-state index in [1.54, 1.807) is 6.07 Å². The van der Waals surface area contributed by atoms with Gasteiger partial charge in [-0.3, -0.25) is 0 Å². The van der Waals surface area contributed by atoms with E-state index < -0.39 is 0 Å². The zero-order chi connectivity index (χ0) is 13.7. The maximum absolute atomic E-state index is 12.5. The molecule has 0 aliphatic heterocycles. The number of ether oxygens (including phenoxy) is 1. The molecular weight excluding hydrogens is 283 g/mol. The smallest absolute Gasteiger partial charge is 0.122 e. The van der Waals surface area contributed by atoms with Gasteiger partial charge >= 0.3 is 0 Å². The van der Waals surface area contributed by atoms with Crippen molar-refractivity contribution in [2.24, 2.45) is 5.92 Å².